The highest BCUT2D eigenvalue weighted by atomic mass is 35.5. The van der Waals surface area contributed by atoms with E-state index in [4.69, 9.17) is 11.6 Å². The topological polar surface area (TPSA) is 32.3 Å². The van der Waals surface area contributed by atoms with Crippen LogP contribution in [0.15, 0.2) is 24.3 Å². The van der Waals surface area contributed by atoms with E-state index >= 15 is 0 Å². The van der Waals surface area contributed by atoms with Gasteiger partial charge in [-0.2, -0.15) is 0 Å². The number of hydrogen-bond acceptors (Lipinski definition) is 2. The van der Waals surface area contributed by atoms with Crippen LogP contribution in [-0.4, -0.2) is 37.0 Å². The van der Waals surface area contributed by atoms with Crippen LogP contribution < -0.4 is 5.32 Å². The molecule has 0 bridgehead atoms. The predicted molar refractivity (Wildman–Crippen MR) is 67.5 cm³/mol. The Bertz CT molecular complexity index is 363. The molecule has 1 aliphatic rings. The van der Waals surface area contributed by atoms with Crippen LogP contribution >= 0.6 is 24.0 Å². The molecule has 0 spiro atoms. The lowest BCUT2D eigenvalue weighted by Gasteiger charge is -2.35. The molecule has 1 amide bonds. The standard InChI is InChI=1S/C11H13ClN2O.ClH/c1-14(10-6-13-7-10)11(15)8-2-4-9(12)5-3-8;/h2-5,10,13H,6-7H2,1H3;1H. The zero-order valence-corrected chi connectivity index (χ0v) is 10.5. The summed E-state index contributed by atoms with van der Waals surface area (Å²) in [6, 6.07) is 7.32. The molecule has 1 aliphatic heterocycles. The zero-order chi connectivity index (χ0) is 10.8. The molecule has 1 aromatic carbocycles. The Morgan fingerprint density at radius 2 is 1.94 bits per heavy atom. The highest BCUT2D eigenvalue weighted by Crippen LogP contribution is 2.13. The molecule has 0 unspecified atom stereocenters. The number of carbonyl (C=O) groups is 1. The minimum Gasteiger partial charge on any atom is -0.336 e. The first kappa shape index (κ1) is 13.3. The molecular formula is C11H14Cl2N2O. The van der Waals surface area contributed by atoms with Crippen LogP contribution in [0.2, 0.25) is 5.02 Å². The van der Waals surface area contributed by atoms with Gasteiger partial charge in [0, 0.05) is 30.7 Å². The number of nitrogens with one attached hydrogen (secondary N) is 1. The Morgan fingerprint density at radius 3 is 2.38 bits per heavy atom. The number of hydrogen-bond donors (Lipinski definition) is 1. The summed E-state index contributed by atoms with van der Waals surface area (Å²) < 4.78 is 0. The Labute approximate surface area is 106 Å². The maximum atomic E-state index is 11.9. The highest BCUT2D eigenvalue weighted by molar-refractivity contribution is 6.30. The second-order valence-corrected chi connectivity index (χ2v) is 4.17. The third-order valence-corrected chi connectivity index (χ3v) is 2.97. The summed E-state index contributed by atoms with van der Waals surface area (Å²) >= 11 is 5.76. The van der Waals surface area contributed by atoms with E-state index in [1.54, 1.807) is 29.2 Å². The number of nitrogens with zero attached hydrogens (tertiary/aromatic N) is 1. The lowest BCUT2D eigenvalue weighted by atomic mass is 10.1. The summed E-state index contributed by atoms with van der Waals surface area (Å²) in [7, 11) is 1.84. The lowest BCUT2D eigenvalue weighted by Crippen LogP contribution is -2.57. The molecule has 0 aliphatic carbocycles. The molecule has 3 nitrogen and oxygen atoms in total. The van der Waals surface area contributed by atoms with Crippen LogP contribution in [0, 0.1) is 0 Å². The van der Waals surface area contributed by atoms with Crippen molar-refractivity contribution in [1.82, 2.24) is 10.2 Å². The second-order valence-electron chi connectivity index (χ2n) is 3.74. The van der Waals surface area contributed by atoms with Gasteiger partial charge in [-0.05, 0) is 24.3 Å². The van der Waals surface area contributed by atoms with Crippen LogP contribution in [0.5, 0.6) is 0 Å². The van der Waals surface area contributed by atoms with Gasteiger partial charge in [-0.15, -0.1) is 12.4 Å². The van der Waals surface area contributed by atoms with Crippen molar-refractivity contribution >= 4 is 29.9 Å². The van der Waals surface area contributed by atoms with Crippen LogP contribution in [0.4, 0.5) is 0 Å². The average Bonchev–Trinajstić information content (AvgIpc) is 2.15. The highest BCUT2D eigenvalue weighted by Gasteiger charge is 2.25. The molecule has 0 aromatic heterocycles. The molecule has 1 fully saturated rings. The average molecular weight is 261 g/mol. The third-order valence-electron chi connectivity index (χ3n) is 2.72. The number of halogens is 2. The summed E-state index contributed by atoms with van der Waals surface area (Å²) in [6.07, 6.45) is 0. The van der Waals surface area contributed by atoms with Crippen LogP contribution in [0.3, 0.4) is 0 Å². The van der Waals surface area contributed by atoms with Gasteiger partial charge in [0.15, 0.2) is 0 Å². The number of rotatable bonds is 2. The minimum atomic E-state index is 0. The largest absolute Gasteiger partial charge is 0.336 e. The number of amides is 1. The van der Waals surface area contributed by atoms with Gasteiger partial charge in [-0.25, -0.2) is 0 Å². The summed E-state index contributed by atoms with van der Waals surface area (Å²) in [6.45, 7) is 1.77. The fraction of sp³-hybridized carbons (Fsp3) is 0.364. The van der Waals surface area contributed by atoms with E-state index in [0.29, 0.717) is 16.6 Å². The van der Waals surface area contributed by atoms with Gasteiger partial charge in [-0.1, -0.05) is 11.6 Å². The van der Waals surface area contributed by atoms with Crippen molar-refractivity contribution in [3.63, 3.8) is 0 Å². The van der Waals surface area contributed by atoms with E-state index in [0.717, 1.165) is 13.1 Å². The van der Waals surface area contributed by atoms with Gasteiger partial charge in [0.05, 0.1) is 6.04 Å². The summed E-state index contributed by atoms with van der Waals surface area (Å²) in [5.41, 5.74) is 0.689. The van der Waals surface area contributed by atoms with E-state index in [-0.39, 0.29) is 18.3 Å². The Hall–Kier alpha value is -0.770. The first-order chi connectivity index (χ1) is 7.18. The van der Waals surface area contributed by atoms with E-state index in [1.807, 2.05) is 7.05 Å². The van der Waals surface area contributed by atoms with Crippen molar-refractivity contribution in [2.24, 2.45) is 0 Å². The maximum Gasteiger partial charge on any atom is 0.253 e. The molecule has 0 saturated carbocycles. The van der Waals surface area contributed by atoms with Crippen molar-refractivity contribution < 1.29 is 4.79 Å². The van der Waals surface area contributed by atoms with E-state index in [1.165, 1.54) is 0 Å². The SMILES string of the molecule is CN(C(=O)c1ccc(Cl)cc1)C1CNC1.Cl. The van der Waals surface area contributed by atoms with Gasteiger partial charge in [0.1, 0.15) is 0 Å². The fourth-order valence-corrected chi connectivity index (χ4v) is 1.64. The van der Waals surface area contributed by atoms with Crippen LogP contribution in [0.25, 0.3) is 0 Å². The van der Waals surface area contributed by atoms with Crippen LogP contribution in [-0.2, 0) is 0 Å². The van der Waals surface area contributed by atoms with Gasteiger partial charge in [0.25, 0.3) is 5.91 Å². The zero-order valence-electron chi connectivity index (χ0n) is 8.94. The molecule has 1 N–H and O–H groups in total. The van der Waals surface area contributed by atoms with Gasteiger partial charge >= 0.3 is 0 Å². The number of carbonyl (C=O) groups excluding carboxylic acids is 1. The number of likely N-dealkylation sites (N-methyl/N-ethyl adjacent to an activating group) is 1. The lowest BCUT2D eigenvalue weighted by molar-refractivity contribution is 0.0681. The molecule has 1 saturated heterocycles. The van der Waals surface area contributed by atoms with E-state index in [2.05, 4.69) is 5.32 Å². The Kier molecular flexibility index (Phi) is 4.59. The van der Waals surface area contributed by atoms with Crippen molar-refractivity contribution in [3.8, 4) is 0 Å². The van der Waals surface area contributed by atoms with Crippen molar-refractivity contribution in [2.45, 2.75) is 6.04 Å². The number of benzene rings is 1. The van der Waals surface area contributed by atoms with E-state index in [9.17, 15) is 4.79 Å². The third kappa shape index (κ3) is 2.67. The Morgan fingerprint density at radius 1 is 1.38 bits per heavy atom. The molecule has 5 heteroatoms. The minimum absolute atomic E-state index is 0. The molecule has 1 heterocycles. The second kappa shape index (κ2) is 5.53. The molecular weight excluding hydrogens is 247 g/mol. The molecule has 0 radical (unpaired) electrons. The summed E-state index contributed by atoms with van der Waals surface area (Å²) in [5.74, 6) is 0.0539. The van der Waals surface area contributed by atoms with Crippen molar-refractivity contribution in [1.29, 1.82) is 0 Å². The van der Waals surface area contributed by atoms with Gasteiger partial charge < -0.3 is 10.2 Å². The molecule has 1 aromatic rings. The first-order valence-corrected chi connectivity index (χ1v) is 5.30. The molecule has 0 atom stereocenters. The first-order valence-electron chi connectivity index (χ1n) is 4.92. The predicted octanol–water partition coefficient (Wildman–Crippen LogP) is 1.81. The normalized spacial score (nSPS) is 14.9. The van der Waals surface area contributed by atoms with Crippen LogP contribution in [0.1, 0.15) is 10.4 Å². The quantitative estimate of drug-likeness (QED) is 0.880. The molecule has 88 valence electrons. The maximum absolute atomic E-state index is 11.9. The summed E-state index contributed by atoms with van der Waals surface area (Å²) in [5, 5.41) is 3.79. The van der Waals surface area contributed by atoms with Crippen molar-refractivity contribution in [3.05, 3.63) is 34.9 Å². The smallest absolute Gasteiger partial charge is 0.253 e. The Balaban J connectivity index is 0.00000128. The van der Waals surface area contributed by atoms with Gasteiger partial charge in [0.2, 0.25) is 0 Å². The fourth-order valence-electron chi connectivity index (χ4n) is 1.51. The van der Waals surface area contributed by atoms with Crippen molar-refractivity contribution in [2.75, 3.05) is 20.1 Å². The summed E-state index contributed by atoms with van der Waals surface area (Å²) in [4.78, 5) is 13.7. The van der Waals surface area contributed by atoms with E-state index < -0.39 is 0 Å². The molecule has 16 heavy (non-hydrogen) atoms. The van der Waals surface area contributed by atoms with Gasteiger partial charge in [-0.3, -0.25) is 4.79 Å². The monoisotopic (exact) mass is 260 g/mol. The molecule has 2 rings (SSSR count).